The highest BCUT2D eigenvalue weighted by Crippen LogP contribution is 2.42. The Morgan fingerprint density at radius 1 is 1.16 bits per heavy atom. The average molecular weight is 338 g/mol. The van der Waals surface area contributed by atoms with Gasteiger partial charge < -0.3 is 9.47 Å². The number of nitrogens with zero attached hydrogens (tertiary/aromatic N) is 2. The van der Waals surface area contributed by atoms with Gasteiger partial charge in [0.2, 0.25) is 0 Å². The number of amides is 1. The smallest absolute Gasteiger partial charge is 0.263 e. The predicted octanol–water partition coefficient (Wildman–Crippen LogP) is 3.27. The number of aryl methyl sites for hydroxylation is 2. The second-order valence-corrected chi connectivity index (χ2v) is 7.85. The van der Waals surface area contributed by atoms with Gasteiger partial charge in [0.25, 0.3) is 11.5 Å². The Balaban J connectivity index is 1.96. The fraction of sp³-hybridized carbons (Fsp3) is 0.429. The number of carbonyl (C=O) groups excluding carboxylic acids is 1. The summed E-state index contributed by atoms with van der Waals surface area (Å²) >= 11 is 0. The molecule has 4 nitrogen and oxygen atoms in total. The molecule has 0 radical (unpaired) electrons. The van der Waals surface area contributed by atoms with Gasteiger partial charge in [0, 0.05) is 31.7 Å². The molecule has 1 aliphatic rings. The van der Waals surface area contributed by atoms with Crippen LogP contribution in [0, 0.1) is 19.3 Å². The van der Waals surface area contributed by atoms with Crippen LogP contribution in [0.5, 0.6) is 0 Å². The Morgan fingerprint density at radius 2 is 1.80 bits per heavy atom. The standard InChI is InChI=1S/C21H26N2O2/c1-14-11-15(2)22(5)19(24)18(14)20(25)23-12-17(21(3,4)13-23)16-9-7-6-8-10-16/h6-11,17H,12-13H2,1-5H3/t17-/m1/s1. The largest absolute Gasteiger partial charge is 0.337 e. The second kappa shape index (κ2) is 6.17. The molecule has 1 atom stereocenters. The molecule has 132 valence electrons. The monoisotopic (exact) mass is 338 g/mol. The average Bonchev–Trinajstić information content (AvgIpc) is 2.89. The number of benzene rings is 1. The molecule has 1 aromatic carbocycles. The minimum absolute atomic E-state index is 0.0269. The van der Waals surface area contributed by atoms with E-state index in [0.717, 1.165) is 11.3 Å². The SMILES string of the molecule is Cc1cc(C)n(C)c(=O)c1C(=O)N1C[C@H](c2ccccc2)C(C)(C)C1. The van der Waals surface area contributed by atoms with Crippen molar-refractivity contribution in [1.82, 2.24) is 9.47 Å². The van der Waals surface area contributed by atoms with Crippen molar-refractivity contribution in [2.24, 2.45) is 12.5 Å². The Kier molecular flexibility index (Phi) is 4.31. The third-order valence-electron chi connectivity index (χ3n) is 5.51. The lowest BCUT2D eigenvalue weighted by Crippen LogP contribution is -2.37. The zero-order valence-corrected chi connectivity index (χ0v) is 15.7. The van der Waals surface area contributed by atoms with E-state index in [1.165, 1.54) is 5.56 Å². The minimum atomic E-state index is -0.205. The molecule has 1 aromatic heterocycles. The van der Waals surface area contributed by atoms with Crippen molar-refractivity contribution < 1.29 is 4.79 Å². The molecule has 4 heteroatoms. The molecule has 0 N–H and O–H groups in total. The molecule has 2 aromatic rings. The topological polar surface area (TPSA) is 42.3 Å². The molecule has 1 fully saturated rings. The van der Waals surface area contributed by atoms with Crippen LogP contribution in [0.15, 0.2) is 41.2 Å². The number of carbonyl (C=O) groups is 1. The van der Waals surface area contributed by atoms with E-state index < -0.39 is 0 Å². The van der Waals surface area contributed by atoms with Crippen LogP contribution in [0.3, 0.4) is 0 Å². The summed E-state index contributed by atoms with van der Waals surface area (Å²) in [4.78, 5) is 27.6. The minimum Gasteiger partial charge on any atom is -0.337 e. The molecular weight excluding hydrogens is 312 g/mol. The third kappa shape index (κ3) is 3.01. The van der Waals surface area contributed by atoms with Crippen molar-refractivity contribution in [3.8, 4) is 0 Å². The summed E-state index contributed by atoms with van der Waals surface area (Å²) in [6, 6.07) is 12.2. The summed E-state index contributed by atoms with van der Waals surface area (Å²) in [5.41, 5.74) is 2.94. The van der Waals surface area contributed by atoms with Gasteiger partial charge in [-0.2, -0.15) is 0 Å². The lowest BCUT2D eigenvalue weighted by atomic mass is 9.78. The first-order valence-corrected chi connectivity index (χ1v) is 8.74. The first-order valence-electron chi connectivity index (χ1n) is 8.74. The fourth-order valence-corrected chi connectivity index (χ4v) is 3.93. The van der Waals surface area contributed by atoms with E-state index >= 15 is 0 Å². The number of hydrogen-bond donors (Lipinski definition) is 0. The van der Waals surface area contributed by atoms with E-state index in [1.807, 2.05) is 43.0 Å². The molecule has 0 bridgehead atoms. The van der Waals surface area contributed by atoms with Gasteiger partial charge >= 0.3 is 0 Å². The maximum atomic E-state index is 13.1. The van der Waals surface area contributed by atoms with Crippen molar-refractivity contribution in [2.45, 2.75) is 33.6 Å². The second-order valence-electron chi connectivity index (χ2n) is 7.85. The normalized spacial score (nSPS) is 19.2. The van der Waals surface area contributed by atoms with Crippen LogP contribution in [-0.2, 0) is 7.05 Å². The van der Waals surface area contributed by atoms with E-state index in [1.54, 1.807) is 11.6 Å². The van der Waals surface area contributed by atoms with Crippen molar-refractivity contribution in [3.05, 3.63) is 69.1 Å². The molecule has 1 amide bonds. The zero-order chi connectivity index (χ0) is 18.4. The summed E-state index contributed by atoms with van der Waals surface area (Å²) in [5, 5.41) is 0. The highest BCUT2D eigenvalue weighted by atomic mass is 16.2. The Hall–Kier alpha value is -2.36. The van der Waals surface area contributed by atoms with Crippen LogP contribution in [0.4, 0.5) is 0 Å². The van der Waals surface area contributed by atoms with Gasteiger partial charge in [-0.25, -0.2) is 0 Å². The summed E-state index contributed by atoms with van der Waals surface area (Å²) in [5.74, 6) is 0.122. The van der Waals surface area contributed by atoms with Crippen LogP contribution in [0.2, 0.25) is 0 Å². The maximum Gasteiger partial charge on any atom is 0.263 e. The van der Waals surface area contributed by atoms with Crippen LogP contribution in [-0.4, -0.2) is 28.5 Å². The number of aromatic nitrogens is 1. The van der Waals surface area contributed by atoms with Crippen LogP contribution >= 0.6 is 0 Å². The van der Waals surface area contributed by atoms with Crippen LogP contribution < -0.4 is 5.56 Å². The Bertz CT molecular complexity index is 865. The van der Waals surface area contributed by atoms with Gasteiger partial charge in [-0.05, 0) is 36.5 Å². The molecule has 0 saturated carbocycles. The number of rotatable bonds is 2. The highest BCUT2D eigenvalue weighted by molar-refractivity contribution is 5.95. The summed E-state index contributed by atoms with van der Waals surface area (Å²) in [6.07, 6.45) is 0. The van der Waals surface area contributed by atoms with E-state index in [2.05, 4.69) is 26.0 Å². The van der Waals surface area contributed by atoms with Gasteiger partial charge in [0.05, 0.1) is 0 Å². The molecule has 0 aliphatic carbocycles. The quantitative estimate of drug-likeness (QED) is 0.843. The molecule has 3 rings (SSSR count). The lowest BCUT2D eigenvalue weighted by molar-refractivity contribution is 0.0775. The third-order valence-corrected chi connectivity index (χ3v) is 5.51. The van der Waals surface area contributed by atoms with Crippen LogP contribution in [0.1, 0.15) is 46.9 Å². The van der Waals surface area contributed by atoms with E-state index in [4.69, 9.17) is 0 Å². The number of hydrogen-bond acceptors (Lipinski definition) is 2. The van der Waals surface area contributed by atoms with Crippen LogP contribution in [0.25, 0.3) is 0 Å². The van der Waals surface area contributed by atoms with Gasteiger partial charge in [0.15, 0.2) is 0 Å². The molecule has 2 heterocycles. The molecular formula is C21H26N2O2. The molecule has 1 saturated heterocycles. The molecule has 1 aliphatic heterocycles. The first kappa shape index (κ1) is 17.5. The zero-order valence-electron chi connectivity index (χ0n) is 15.7. The predicted molar refractivity (Wildman–Crippen MR) is 100 cm³/mol. The summed E-state index contributed by atoms with van der Waals surface area (Å²) in [6.45, 7) is 9.41. The lowest BCUT2D eigenvalue weighted by Gasteiger charge is -2.25. The van der Waals surface area contributed by atoms with Crippen molar-refractivity contribution >= 4 is 5.91 Å². The van der Waals surface area contributed by atoms with Crippen molar-refractivity contribution in [3.63, 3.8) is 0 Å². The van der Waals surface area contributed by atoms with Gasteiger partial charge in [-0.1, -0.05) is 44.2 Å². The van der Waals surface area contributed by atoms with E-state index in [9.17, 15) is 9.59 Å². The van der Waals surface area contributed by atoms with Gasteiger partial charge in [0.1, 0.15) is 5.56 Å². The fourth-order valence-electron chi connectivity index (χ4n) is 3.93. The van der Waals surface area contributed by atoms with Crippen molar-refractivity contribution in [1.29, 1.82) is 0 Å². The van der Waals surface area contributed by atoms with E-state index in [-0.39, 0.29) is 22.8 Å². The highest BCUT2D eigenvalue weighted by Gasteiger charge is 2.42. The molecule has 0 unspecified atom stereocenters. The molecule has 25 heavy (non-hydrogen) atoms. The Labute approximate surface area is 149 Å². The maximum absolute atomic E-state index is 13.1. The number of likely N-dealkylation sites (tertiary alicyclic amines) is 1. The summed E-state index contributed by atoms with van der Waals surface area (Å²) < 4.78 is 1.55. The summed E-state index contributed by atoms with van der Waals surface area (Å²) in [7, 11) is 1.72. The van der Waals surface area contributed by atoms with Crippen molar-refractivity contribution in [2.75, 3.05) is 13.1 Å². The first-order chi connectivity index (χ1) is 11.7. The number of pyridine rings is 1. The van der Waals surface area contributed by atoms with Gasteiger partial charge in [-0.3, -0.25) is 9.59 Å². The Morgan fingerprint density at radius 3 is 2.44 bits per heavy atom. The van der Waals surface area contributed by atoms with Gasteiger partial charge in [-0.15, -0.1) is 0 Å². The van der Waals surface area contributed by atoms with E-state index in [0.29, 0.717) is 18.7 Å². The molecule has 0 spiro atoms.